The molecule has 1 aromatic heterocycles. The first-order chi connectivity index (χ1) is 8.38. The Kier molecular flexibility index (Phi) is 5.10. The van der Waals surface area contributed by atoms with Crippen LogP contribution in [-0.2, 0) is 12.3 Å². The molecule has 0 spiro atoms. The molecule has 0 fully saturated rings. The Morgan fingerprint density at radius 3 is 2.94 bits per heavy atom. The van der Waals surface area contributed by atoms with E-state index < -0.39 is 0 Å². The van der Waals surface area contributed by atoms with E-state index in [0.717, 1.165) is 18.8 Å². The van der Waals surface area contributed by atoms with Gasteiger partial charge in [0, 0.05) is 22.1 Å². The summed E-state index contributed by atoms with van der Waals surface area (Å²) in [6.45, 7) is 4.12. The first-order valence-electron chi connectivity index (χ1n) is 5.83. The predicted octanol–water partition coefficient (Wildman–Crippen LogP) is 4.15. The maximum atomic E-state index is 3.35. The van der Waals surface area contributed by atoms with Crippen molar-refractivity contribution < 1.29 is 0 Å². The molecule has 3 heteroatoms. The van der Waals surface area contributed by atoms with Gasteiger partial charge in [-0.1, -0.05) is 25.1 Å². The Morgan fingerprint density at radius 2 is 2.18 bits per heavy atom. The van der Waals surface area contributed by atoms with Crippen LogP contribution in [0.15, 0.2) is 46.7 Å². The summed E-state index contributed by atoms with van der Waals surface area (Å²) in [5, 5.41) is 5.49. The zero-order valence-electron chi connectivity index (χ0n) is 9.98. The van der Waals surface area contributed by atoms with Gasteiger partial charge in [-0.3, -0.25) is 0 Å². The maximum absolute atomic E-state index is 3.35. The van der Waals surface area contributed by atoms with Crippen LogP contribution in [-0.4, -0.2) is 6.54 Å². The second-order valence-corrected chi connectivity index (χ2v) is 5.88. The predicted molar refractivity (Wildman–Crippen MR) is 77.7 cm³/mol. The fourth-order valence-electron chi connectivity index (χ4n) is 1.56. The van der Waals surface area contributed by atoms with Crippen molar-refractivity contribution >= 4 is 23.1 Å². The number of hydrogen-bond acceptors (Lipinski definition) is 3. The van der Waals surface area contributed by atoms with Crippen LogP contribution in [0.5, 0.6) is 0 Å². The fourth-order valence-corrected chi connectivity index (χ4v) is 3.32. The number of rotatable bonds is 6. The van der Waals surface area contributed by atoms with E-state index in [2.05, 4.69) is 54.0 Å². The highest BCUT2D eigenvalue weighted by Crippen LogP contribution is 2.25. The molecule has 0 aliphatic heterocycles. The Hall–Kier alpha value is -0.770. The topological polar surface area (TPSA) is 12.0 Å². The molecule has 0 radical (unpaired) electrons. The van der Waals surface area contributed by atoms with Crippen molar-refractivity contribution in [3.05, 3.63) is 52.2 Å². The van der Waals surface area contributed by atoms with E-state index in [1.54, 1.807) is 0 Å². The summed E-state index contributed by atoms with van der Waals surface area (Å²) in [5.74, 6) is 1.07. The van der Waals surface area contributed by atoms with Crippen molar-refractivity contribution in [3.63, 3.8) is 0 Å². The lowest BCUT2D eigenvalue weighted by molar-refractivity contribution is 0.725. The molecule has 0 saturated heterocycles. The highest BCUT2D eigenvalue weighted by Gasteiger charge is 1.98. The molecule has 0 aliphatic rings. The molecule has 17 heavy (non-hydrogen) atoms. The summed E-state index contributed by atoms with van der Waals surface area (Å²) in [7, 11) is 0. The Bertz CT molecular complexity index is 437. The summed E-state index contributed by atoms with van der Waals surface area (Å²) in [5.41, 5.74) is 1.36. The summed E-state index contributed by atoms with van der Waals surface area (Å²) in [6.07, 6.45) is 0. The van der Waals surface area contributed by atoms with E-state index in [-0.39, 0.29) is 0 Å². The zero-order valence-corrected chi connectivity index (χ0v) is 11.6. The van der Waals surface area contributed by atoms with Crippen LogP contribution in [0, 0.1) is 0 Å². The first-order valence-corrected chi connectivity index (χ1v) is 7.70. The molecular formula is C14H17NS2. The van der Waals surface area contributed by atoms with Crippen LogP contribution in [0.4, 0.5) is 0 Å². The average Bonchev–Trinajstić information content (AvgIpc) is 2.87. The SMILES string of the molecule is CCNCc1cccc(SCc2cccs2)c1. The van der Waals surface area contributed by atoms with Crippen molar-refractivity contribution in [2.24, 2.45) is 0 Å². The van der Waals surface area contributed by atoms with E-state index >= 15 is 0 Å². The second kappa shape index (κ2) is 6.84. The molecule has 1 N–H and O–H groups in total. The Balaban J connectivity index is 1.91. The normalized spacial score (nSPS) is 10.6. The van der Waals surface area contributed by atoms with Gasteiger partial charge in [-0.25, -0.2) is 0 Å². The highest BCUT2D eigenvalue weighted by molar-refractivity contribution is 7.98. The molecule has 2 rings (SSSR count). The third-order valence-electron chi connectivity index (χ3n) is 2.44. The van der Waals surface area contributed by atoms with Gasteiger partial charge in [-0.15, -0.1) is 23.1 Å². The van der Waals surface area contributed by atoms with Crippen LogP contribution in [0.1, 0.15) is 17.4 Å². The molecule has 0 aliphatic carbocycles. The monoisotopic (exact) mass is 263 g/mol. The minimum atomic E-state index is 0.962. The Morgan fingerprint density at radius 1 is 1.24 bits per heavy atom. The van der Waals surface area contributed by atoms with Crippen molar-refractivity contribution in [1.29, 1.82) is 0 Å². The standard InChI is InChI=1S/C14H17NS2/c1-2-15-10-12-5-3-6-13(9-12)17-11-14-7-4-8-16-14/h3-9,15H,2,10-11H2,1H3. The van der Waals surface area contributed by atoms with Crippen molar-refractivity contribution in [3.8, 4) is 0 Å². The quantitative estimate of drug-likeness (QED) is 0.786. The molecule has 2 aromatic rings. The number of thioether (sulfide) groups is 1. The lowest BCUT2D eigenvalue weighted by Gasteiger charge is -2.05. The number of nitrogens with one attached hydrogen (secondary N) is 1. The van der Waals surface area contributed by atoms with Gasteiger partial charge < -0.3 is 5.32 Å². The van der Waals surface area contributed by atoms with E-state index in [4.69, 9.17) is 0 Å². The van der Waals surface area contributed by atoms with Gasteiger partial charge >= 0.3 is 0 Å². The van der Waals surface area contributed by atoms with Gasteiger partial charge in [0.1, 0.15) is 0 Å². The van der Waals surface area contributed by atoms with Gasteiger partial charge in [0.25, 0.3) is 0 Å². The molecule has 0 saturated carbocycles. The number of benzene rings is 1. The van der Waals surface area contributed by atoms with Crippen LogP contribution < -0.4 is 5.32 Å². The molecule has 1 aromatic carbocycles. The van der Waals surface area contributed by atoms with Gasteiger partial charge in [-0.2, -0.15) is 0 Å². The lowest BCUT2D eigenvalue weighted by atomic mass is 10.2. The summed E-state index contributed by atoms with van der Waals surface area (Å²) < 4.78 is 0. The molecule has 90 valence electrons. The van der Waals surface area contributed by atoms with Crippen LogP contribution in [0.25, 0.3) is 0 Å². The Labute approximate surface area is 111 Å². The maximum Gasteiger partial charge on any atom is 0.0326 e. The largest absolute Gasteiger partial charge is 0.313 e. The van der Waals surface area contributed by atoms with E-state index in [0.29, 0.717) is 0 Å². The molecule has 0 bridgehead atoms. The molecule has 0 atom stereocenters. The second-order valence-electron chi connectivity index (χ2n) is 3.80. The highest BCUT2D eigenvalue weighted by atomic mass is 32.2. The minimum absolute atomic E-state index is 0.962. The van der Waals surface area contributed by atoms with Crippen LogP contribution in [0.2, 0.25) is 0 Å². The molecule has 0 unspecified atom stereocenters. The number of thiophene rings is 1. The molecule has 1 nitrogen and oxygen atoms in total. The number of hydrogen-bond donors (Lipinski definition) is 1. The van der Waals surface area contributed by atoms with Crippen molar-refractivity contribution in [2.45, 2.75) is 24.1 Å². The van der Waals surface area contributed by atoms with Gasteiger partial charge in [-0.05, 0) is 35.7 Å². The first kappa shape index (κ1) is 12.7. The zero-order chi connectivity index (χ0) is 11.9. The molecule has 0 amide bonds. The third kappa shape index (κ3) is 4.19. The summed E-state index contributed by atoms with van der Waals surface area (Å²) >= 11 is 3.74. The third-order valence-corrected chi connectivity index (χ3v) is 4.54. The lowest BCUT2D eigenvalue weighted by Crippen LogP contribution is -2.11. The van der Waals surface area contributed by atoms with Gasteiger partial charge in [0.2, 0.25) is 0 Å². The van der Waals surface area contributed by atoms with Crippen molar-refractivity contribution in [1.82, 2.24) is 5.32 Å². The average molecular weight is 263 g/mol. The van der Waals surface area contributed by atoms with E-state index in [1.807, 2.05) is 23.1 Å². The molecular weight excluding hydrogens is 246 g/mol. The van der Waals surface area contributed by atoms with Crippen LogP contribution >= 0.6 is 23.1 Å². The minimum Gasteiger partial charge on any atom is -0.313 e. The fraction of sp³-hybridized carbons (Fsp3) is 0.286. The summed E-state index contributed by atoms with van der Waals surface area (Å²) in [6, 6.07) is 13.1. The smallest absolute Gasteiger partial charge is 0.0326 e. The van der Waals surface area contributed by atoms with Crippen molar-refractivity contribution in [2.75, 3.05) is 6.54 Å². The molecule has 1 heterocycles. The van der Waals surface area contributed by atoms with E-state index in [9.17, 15) is 0 Å². The summed E-state index contributed by atoms with van der Waals surface area (Å²) in [4.78, 5) is 2.79. The van der Waals surface area contributed by atoms with Gasteiger partial charge in [0.15, 0.2) is 0 Å². The van der Waals surface area contributed by atoms with Crippen LogP contribution in [0.3, 0.4) is 0 Å². The van der Waals surface area contributed by atoms with Gasteiger partial charge in [0.05, 0.1) is 0 Å². The van der Waals surface area contributed by atoms with E-state index in [1.165, 1.54) is 15.3 Å².